The molecule has 2 heterocycles. The molecule has 1 aromatic heterocycles. The van der Waals surface area contributed by atoms with E-state index in [-0.39, 0.29) is 36.3 Å². The van der Waals surface area contributed by atoms with E-state index in [1.807, 2.05) is 42.5 Å². The number of nitriles is 1. The summed E-state index contributed by atoms with van der Waals surface area (Å²) in [5, 5.41) is 15.4. The molecule has 1 aliphatic heterocycles. The zero-order chi connectivity index (χ0) is 45.6. The Morgan fingerprint density at radius 1 is 0.984 bits per heavy atom. The summed E-state index contributed by atoms with van der Waals surface area (Å²) in [6.45, 7) is 15.4. The molecule has 3 N–H and O–H groups in total. The van der Waals surface area contributed by atoms with Crippen molar-refractivity contribution >= 4 is 44.7 Å². The van der Waals surface area contributed by atoms with E-state index in [0.717, 1.165) is 11.6 Å². The van der Waals surface area contributed by atoms with Crippen molar-refractivity contribution in [1.29, 1.82) is 5.26 Å². The van der Waals surface area contributed by atoms with E-state index in [2.05, 4.69) is 21.9 Å². The number of nitrogens with zero attached hydrogens (tertiary/aromatic N) is 3. The van der Waals surface area contributed by atoms with Crippen LogP contribution >= 0.6 is 0 Å². The van der Waals surface area contributed by atoms with E-state index in [1.54, 1.807) is 66.9 Å². The van der Waals surface area contributed by atoms with Gasteiger partial charge in [-0.1, -0.05) is 63.2 Å². The van der Waals surface area contributed by atoms with Crippen molar-refractivity contribution in [3.63, 3.8) is 0 Å². The van der Waals surface area contributed by atoms with Crippen LogP contribution in [0.4, 0.5) is 4.79 Å². The number of likely N-dealkylation sites (tertiary alicyclic amines) is 1. The fraction of sp³-hybridized carbons (Fsp3) is 0.391. The summed E-state index contributed by atoms with van der Waals surface area (Å²) in [4.78, 5) is 62.5. The van der Waals surface area contributed by atoms with Gasteiger partial charge >= 0.3 is 6.09 Å². The summed E-state index contributed by atoms with van der Waals surface area (Å²) >= 11 is 0. The van der Waals surface area contributed by atoms with Crippen LogP contribution in [0.25, 0.3) is 22.2 Å². The number of hydrogen-bond acceptors (Lipinski definition) is 11. The Kier molecular flexibility index (Phi) is 14.0. The molecule has 328 valence electrons. The van der Waals surface area contributed by atoms with Crippen molar-refractivity contribution in [2.45, 2.75) is 102 Å². The Bertz CT molecular complexity index is 2490. The number of sulfonamides is 1. The first-order valence-electron chi connectivity index (χ1n) is 20.1. The minimum atomic E-state index is -4.50. The highest BCUT2D eigenvalue weighted by molar-refractivity contribution is 7.90. The quantitative estimate of drug-likeness (QED) is 0.118. The summed E-state index contributed by atoms with van der Waals surface area (Å²) in [5.74, 6) is -1.43. The van der Waals surface area contributed by atoms with Crippen LogP contribution in [-0.4, -0.2) is 85.1 Å². The van der Waals surface area contributed by atoms with Crippen LogP contribution in [0.15, 0.2) is 96.4 Å². The van der Waals surface area contributed by atoms with Crippen molar-refractivity contribution in [2.75, 3.05) is 13.7 Å². The monoisotopic (exact) mass is 866 g/mol. The standard InChI is InChI=1S/C46H54N6O9S/c1-10-11-22-46(8,42(55)51-62(57,58)33-19-15-16-29(23-33)27-47)50-40(53)37-25-32(28-52(37)41(54)39(44(2,3)4)49-43(56)61-45(5,6)7)60-38-26-35(30-17-13-12-14-18-30)48-36-24-31(59-9)20-21-34(36)38/h10,12-21,23-24,26,32,37,39H,1,11,22,25,28H2,2-9H3,(H,49,56)(H,50,53)(H,51,55)/t32-,37+,39-,46+/m1/s1. The highest BCUT2D eigenvalue weighted by Crippen LogP contribution is 2.35. The average molecular weight is 867 g/mol. The lowest BCUT2D eigenvalue weighted by Gasteiger charge is -2.36. The Hall–Kier alpha value is -6.47. The average Bonchev–Trinajstić information content (AvgIpc) is 3.64. The summed E-state index contributed by atoms with van der Waals surface area (Å²) < 4.78 is 46.6. The minimum Gasteiger partial charge on any atom is -0.497 e. The van der Waals surface area contributed by atoms with Gasteiger partial charge in [0.1, 0.15) is 40.8 Å². The van der Waals surface area contributed by atoms with E-state index >= 15 is 0 Å². The molecule has 1 aliphatic rings. The molecule has 0 radical (unpaired) electrons. The number of rotatable bonds is 14. The molecule has 0 aliphatic carbocycles. The highest BCUT2D eigenvalue weighted by atomic mass is 32.2. The van der Waals surface area contributed by atoms with Crippen LogP contribution in [-0.2, 0) is 29.1 Å². The van der Waals surface area contributed by atoms with E-state index < -0.39 is 68.6 Å². The number of amides is 4. The molecule has 3 aromatic carbocycles. The van der Waals surface area contributed by atoms with Crippen LogP contribution in [0, 0.1) is 16.7 Å². The van der Waals surface area contributed by atoms with E-state index in [4.69, 9.17) is 19.2 Å². The van der Waals surface area contributed by atoms with E-state index in [0.29, 0.717) is 28.1 Å². The molecule has 0 saturated carbocycles. The van der Waals surface area contributed by atoms with Crippen LogP contribution in [0.3, 0.4) is 0 Å². The van der Waals surface area contributed by atoms with Crippen molar-refractivity contribution in [3.8, 4) is 28.8 Å². The van der Waals surface area contributed by atoms with Crippen molar-refractivity contribution in [1.82, 2.24) is 25.2 Å². The summed E-state index contributed by atoms with van der Waals surface area (Å²) in [7, 11) is -2.95. The van der Waals surface area contributed by atoms with Gasteiger partial charge in [0.2, 0.25) is 11.8 Å². The molecule has 1 fully saturated rings. The van der Waals surface area contributed by atoms with Crippen LogP contribution in [0.2, 0.25) is 0 Å². The third-order valence-corrected chi connectivity index (χ3v) is 11.5. The van der Waals surface area contributed by atoms with Crippen molar-refractivity contribution < 1.29 is 41.8 Å². The number of nitrogens with one attached hydrogen (secondary N) is 3. The van der Waals surface area contributed by atoms with Gasteiger partial charge in [-0.3, -0.25) is 14.4 Å². The molecule has 4 aromatic rings. The first-order chi connectivity index (χ1) is 29.1. The normalized spacial score (nSPS) is 16.9. The summed E-state index contributed by atoms with van der Waals surface area (Å²) in [5.41, 5.74) is -1.53. The van der Waals surface area contributed by atoms with Gasteiger partial charge in [0.15, 0.2) is 0 Å². The number of hydrogen-bond donors (Lipinski definition) is 3. The molecule has 0 spiro atoms. The first-order valence-corrected chi connectivity index (χ1v) is 21.6. The molecule has 4 amide bonds. The van der Waals surface area contributed by atoms with Crippen molar-refractivity contribution in [2.24, 2.45) is 5.41 Å². The number of allylic oxidation sites excluding steroid dienone is 1. The highest BCUT2D eigenvalue weighted by Gasteiger charge is 2.48. The number of alkyl carbamates (subject to hydrolysis) is 1. The van der Waals surface area contributed by atoms with Crippen LogP contribution < -0.4 is 24.8 Å². The first kappa shape index (κ1) is 46.6. The van der Waals surface area contributed by atoms with Gasteiger partial charge in [0.25, 0.3) is 15.9 Å². The Morgan fingerprint density at radius 2 is 1.69 bits per heavy atom. The second kappa shape index (κ2) is 18.7. The predicted molar refractivity (Wildman–Crippen MR) is 233 cm³/mol. The number of ether oxygens (including phenoxy) is 3. The zero-order valence-electron chi connectivity index (χ0n) is 36.3. The van der Waals surface area contributed by atoms with Gasteiger partial charge < -0.3 is 29.7 Å². The number of carbonyl (C=O) groups excluding carboxylic acids is 4. The van der Waals surface area contributed by atoms with Crippen LogP contribution in [0.5, 0.6) is 11.5 Å². The van der Waals surface area contributed by atoms with Gasteiger partial charge in [-0.25, -0.2) is 22.9 Å². The number of aromatic nitrogens is 1. The SMILES string of the molecule is C=CCC[C@](C)(NC(=O)[C@@H]1C[C@@H](Oc2cc(-c3ccccc3)nc3cc(OC)ccc23)CN1C(=O)[C@@H](NC(=O)OC(C)(C)C)C(C)(C)C)C(=O)NS(=O)(=O)c1cccc(C#N)c1. The molecule has 16 heteroatoms. The predicted octanol–water partition coefficient (Wildman–Crippen LogP) is 6.42. The maximum Gasteiger partial charge on any atom is 0.408 e. The fourth-order valence-corrected chi connectivity index (χ4v) is 8.08. The molecule has 5 rings (SSSR count). The molecular formula is C46H54N6O9S. The van der Waals surface area contributed by atoms with Gasteiger partial charge in [0, 0.05) is 29.5 Å². The number of carbonyl (C=O) groups is 4. The summed E-state index contributed by atoms with van der Waals surface area (Å²) in [6, 6.07) is 21.2. The lowest BCUT2D eigenvalue weighted by Crippen LogP contribution is -2.62. The summed E-state index contributed by atoms with van der Waals surface area (Å²) in [6.07, 6.45) is -0.0350. The van der Waals surface area contributed by atoms with Gasteiger partial charge in [-0.05, 0) is 76.3 Å². The molecule has 4 atom stereocenters. The van der Waals surface area contributed by atoms with Crippen LogP contribution in [0.1, 0.15) is 73.3 Å². The molecular weight excluding hydrogens is 813 g/mol. The van der Waals surface area contributed by atoms with Crippen molar-refractivity contribution in [3.05, 3.63) is 97.1 Å². The number of pyridine rings is 1. The van der Waals surface area contributed by atoms with Gasteiger partial charge in [0.05, 0.1) is 41.4 Å². The molecule has 0 bridgehead atoms. The Labute approximate surface area is 362 Å². The lowest BCUT2D eigenvalue weighted by molar-refractivity contribution is -0.143. The molecule has 15 nitrogen and oxygen atoms in total. The fourth-order valence-electron chi connectivity index (χ4n) is 6.96. The van der Waals surface area contributed by atoms with E-state index in [1.165, 1.54) is 36.1 Å². The Morgan fingerprint density at radius 3 is 2.32 bits per heavy atom. The third-order valence-electron chi connectivity index (χ3n) is 10.2. The third kappa shape index (κ3) is 11.3. The maximum atomic E-state index is 14.8. The minimum absolute atomic E-state index is 0.0556. The van der Waals surface area contributed by atoms with Gasteiger partial charge in [-0.15, -0.1) is 6.58 Å². The molecule has 1 saturated heterocycles. The lowest BCUT2D eigenvalue weighted by atomic mass is 9.85. The largest absolute Gasteiger partial charge is 0.497 e. The smallest absolute Gasteiger partial charge is 0.408 e. The topological polar surface area (TPSA) is 206 Å². The maximum absolute atomic E-state index is 14.8. The molecule has 0 unspecified atom stereocenters. The second-order valence-electron chi connectivity index (χ2n) is 17.4. The number of methoxy groups -OCH3 is 1. The molecule has 62 heavy (non-hydrogen) atoms. The number of fused-ring (bicyclic) bond motifs is 1. The second-order valence-corrected chi connectivity index (χ2v) is 19.1. The Balaban J connectivity index is 1.54. The number of benzene rings is 3. The zero-order valence-corrected chi connectivity index (χ0v) is 37.1. The van der Waals surface area contributed by atoms with E-state index in [9.17, 15) is 32.9 Å². The van der Waals surface area contributed by atoms with Gasteiger partial charge in [-0.2, -0.15) is 5.26 Å².